The Kier molecular flexibility index (Phi) is 5.21. The van der Waals surface area contributed by atoms with Gasteiger partial charge in [-0.15, -0.1) is 11.3 Å². The van der Waals surface area contributed by atoms with Gasteiger partial charge in [0.2, 0.25) is 0 Å². The average Bonchev–Trinajstić information content (AvgIpc) is 2.95. The molecule has 0 saturated heterocycles. The highest BCUT2D eigenvalue weighted by Crippen LogP contribution is 2.34. The molecule has 0 aliphatic heterocycles. The van der Waals surface area contributed by atoms with E-state index < -0.39 is 0 Å². The highest BCUT2D eigenvalue weighted by atomic mass is 79.9. The summed E-state index contributed by atoms with van der Waals surface area (Å²) in [6, 6.07) is 6.29. The van der Waals surface area contributed by atoms with Crippen LogP contribution in [0.3, 0.4) is 0 Å². The SMILES string of the molecule is CCNC(c1ccc(COC)o1)c1cc(C)c(Br)s1. The Bertz CT molecular complexity index is 516. The van der Waals surface area contributed by atoms with E-state index in [9.17, 15) is 0 Å². The molecule has 2 aromatic heterocycles. The zero-order valence-electron chi connectivity index (χ0n) is 11.3. The molecular formula is C14H18BrNO2S. The monoisotopic (exact) mass is 343 g/mol. The van der Waals surface area contributed by atoms with Gasteiger partial charge in [0, 0.05) is 12.0 Å². The minimum absolute atomic E-state index is 0.102. The molecule has 0 bridgehead atoms. The molecule has 0 aliphatic carbocycles. The molecule has 1 N–H and O–H groups in total. The molecule has 1 atom stereocenters. The molecule has 5 heteroatoms. The van der Waals surface area contributed by atoms with Crippen LogP contribution < -0.4 is 5.32 Å². The van der Waals surface area contributed by atoms with E-state index in [0.717, 1.165) is 18.1 Å². The van der Waals surface area contributed by atoms with E-state index in [2.05, 4.69) is 41.2 Å². The van der Waals surface area contributed by atoms with Crippen molar-refractivity contribution in [2.75, 3.05) is 13.7 Å². The van der Waals surface area contributed by atoms with E-state index in [1.165, 1.54) is 14.2 Å². The minimum atomic E-state index is 0.102. The molecule has 0 spiro atoms. The molecule has 19 heavy (non-hydrogen) atoms. The van der Waals surface area contributed by atoms with Crippen LogP contribution in [0.15, 0.2) is 26.4 Å². The lowest BCUT2D eigenvalue weighted by molar-refractivity contribution is 0.162. The predicted molar refractivity (Wildman–Crippen MR) is 81.7 cm³/mol. The molecule has 0 aromatic carbocycles. The molecule has 2 aromatic rings. The molecule has 0 fully saturated rings. The number of halogens is 1. The van der Waals surface area contributed by atoms with Crippen molar-refractivity contribution in [2.45, 2.75) is 26.5 Å². The van der Waals surface area contributed by atoms with Gasteiger partial charge < -0.3 is 14.5 Å². The second-order valence-corrected chi connectivity index (χ2v) is 6.73. The van der Waals surface area contributed by atoms with E-state index in [0.29, 0.717) is 6.61 Å². The van der Waals surface area contributed by atoms with Crippen LogP contribution in [0.1, 0.15) is 34.9 Å². The van der Waals surface area contributed by atoms with Crippen molar-refractivity contribution in [3.63, 3.8) is 0 Å². The summed E-state index contributed by atoms with van der Waals surface area (Å²) in [5.74, 6) is 1.79. The second-order valence-electron chi connectivity index (χ2n) is 4.33. The van der Waals surface area contributed by atoms with Crippen LogP contribution >= 0.6 is 27.3 Å². The van der Waals surface area contributed by atoms with Gasteiger partial charge in [-0.25, -0.2) is 0 Å². The number of rotatable bonds is 6. The number of thiophene rings is 1. The lowest BCUT2D eigenvalue weighted by Crippen LogP contribution is -2.20. The first kappa shape index (κ1) is 14.8. The van der Waals surface area contributed by atoms with Crippen LogP contribution in [0.25, 0.3) is 0 Å². The summed E-state index contributed by atoms with van der Waals surface area (Å²) in [6.07, 6.45) is 0. The molecule has 0 amide bonds. The van der Waals surface area contributed by atoms with Crippen molar-refractivity contribution in [2.24, 2.45) is 0 Å². The van der Waals surface area contributed by atoms with Crippen molar-refractivity contribution in [3.8, 4) is 0 Å². The normalized spacial score (nSPS) is 12.8. The van der Waals surface area contributed by atoms with Crippen LogP contribution in [-0.2, 0) is 11.3 Å². The maximum absolute atomic E-state index is 5.85. The number of aryl methyl sites for hydroxylation is 1. The lowest BCUT2D eigenvalue weighted by Gasteiger charge is -2.13. The second kappa shape index (κ2) is 6.70. The molecule has 104 valence electrons. The Morgan fingerprint density at radius 2 is 2.26 bits per heavy atom. The lowest BCUT2D eigenvalue weighted by atomic mass is 10.1. The number of furan rings is 1. The van der Waals surface area contributed by atoms with Crippen LogP contribution in [-0.4, -0.2) is 13.7 Å². The first-order valence-corrected chi connectivity index (χ1v) is 7.83. The zero-order valence-corrected chi connectivity index (χ0v) is 13.7. The molecular weight excluding hydrogens is 326 g/mol. The molecule has 2 heterocycles. The van der Waals surface area contributed by atoms with Gasteiger partial charge in [-0.1, -0.05) is 6.92 Å². The zero-order chi connectivity index (χ0) is 13.8. The fraction of sp³-hybridized carbons (Fsp3) is 0.429. The van der Waals surface area contributed by atoms with Gasteiger partial charge in [-0.3, -0.25) is 0 Å². The van der Waals surface area contributed by atoms with E-state index in [1.54, 1.807) is 18.4 Å². The first-order valence-electron chi connectivity index (χ1n) is 6.22. The van der Waals surface area contributed by atoms with Gasteiger partial charge in [0.1, 0.15) is 24.2 Å². The average molecular weight is 344 g/mol. The van der Waals surface area contributed by atoms with Crippen LogP contribution in [0.2, 0.25) is 0 Å². The molecule has 3 nitrogen and oxygen atoms in total. The summed E-state index contributed by atoms with van der Waals surface area (Å²) in [6.45, 7) is 5.60. The maximum atomic E-state index is 5.85. The van der Waals surface area contributed by atoms with Gasteiger partial charge >= 0.3 is 0 Å². The van der Waals surface area contributed by atoms with Crippen LogP contribution in [0.4, 0.5) is 0 Å². The fourth-order valence-corrected chi connectivity index (χ4v) is 3.60. The Morgan fingerprint density at radius 1 is 1.47 bits per heavy atom. The molecule has 0 radical (unpaired) electrons. The van der Waals surface area contributed by atoms with Crippen LogP contribution in [0, 0.1) is 6.92 Å². The number of ether oxygens (including phenoxy) is 1. The highest BCUT2D eigenvalue weighted by Gasteiger charge is 2.20. The number of nitrogens with one attached hydrogen (secondary N) is 1. The Balaban J connectivity index is 2.27. The third kappa shape index (κ3) is 3.48. The number of methoxy groups -OCH3 is 1. The highest BCUT2D eigenvalue weighted by molar-refractivity contribution is 9.11. The summed E-state index contributed by atoms with van der Waals surface area (Å²) in [5.41, 5.74) is 1.26. The minimum Gasteiger partial charge on any atom is -0.462 e. The van der Waals surface area contributed by atoms with Crippen molar-refractivity contribution < 1.29 is 9.15 Å². The van der Waals surface area contributed by atoms with E-state index in [1.807, 2.05) is 12.1 Å². The maximum Gasteiger partial charge on any atom is 0.129 e. The molecule has 0 aliphatic rings. The standard InChI is InChI=1S/C14H18BrNO2S/c1-4-16-13(12-7-9(2)14(15)19-12)11-6-5-10(18-11)8-17-3/h5-7,13,16H,4,8H2,1-3H3. The first-order chi connectivity index (χ1) is 9.15. The largest absolute Gasteiger partial charge is 0.462 e. The quantitative estimate of drug-likeness (QED) is 0.850. The van der Waals surface area contributed by atoms with Crippen molar-refractivity contribution in [3.05, 3.63) is 43.9 Å². The van der Waals surface area contributed by atoms with Gasteiger partial charge in [0.05, 0.1) is 3.79 Å². The third-order valence-electron chi connectivity index (χ3n) is 2.82. The van der Waals surface area contributed by atoms with Gasteiger partial charge in [0.25, 0.3) is 0 Å². The van der Waals surface area contributed by atoms with Crippen molar-refractivity contribution in [1.82, 2.24) is 5.32 Å². The molecule has 2 rings (SSSR count). The van der Waals surface area contributed by atoms with E-state index in [-0.39, 0.29) is 6.04 Å². The smallest absolute Gasteiger partial charge is 0.129 e. The summed E-state index contributed by atoms with van der Waals surface area (Å²) >= 11 is 5.32. The summed E-state index contributed by atoms with van der Waals surface area (Å²) < 4.78 is 12.1. The number of hydrogen-bond acceptors (Lipinski definition) is 4. The summed E-state index contributed by atoms with van der Waals surface area (Å²) in [5, 5.41) is 3.47. The number of hydrogen-bond donors (Lipinski definition) is 1. The van der Waals surface area contributed by atoms with Gasteiger partial charge in [-0.2, -0.15) is 0 Å². The Hall–Kier alpha value is -0.620. The molecule has 0 saturated carbocycles. The topological polar surface area (TPSA) is 34.4 Å². The van der Waals surface area contributed by atoms with Crippen LogP contribution in [0.5, 0.6) is 0 Å². The fourth-order valence-electron chi connectivity index (χ4n) is 1.94. The van der Waals surface area contributed by atoms with Crippen molar-refractivity contribution >= 4 is 27.3 Å². The van der Waals surface area contributed by atoms with Gasteiger partial charge in [0.15, 0.2) is 0 Å². The Morgan fingerprint density at radius 3 is 2.84 bits per heavy atom. The van der Waals surface area contributed by atoms with E-state index in [4.69, 9.17) is 9.15 Å². The van der Waals surface area contributed by atoms with E-state index >= 15 is 0 Å². The predicted octanol–water partition coefficient (Wildman–Crippen LogP) is 4.26. The molecule has 1 unspecified atom stereocenters. The Labute approximate surface area is 126 Å². The summed E-state index contributed by atoms with van der Waals surface area (Å²) in [4.78, 5) is 1.25. The van der Waals surface area contributed by atoms with Crippen molar-refractivity contribution in [1.29, 1.82) is 0 Å². The summed E-state index contributed by atoms with van der Waals surface area (Å²) in [7, 11) is 1.67. The van der Waals surface area contributed by atoms with Gasteiger partial charge in [-0.05, 0) is 53.2 Å². The third-order valence-corrected chi connectivity index (χ3v) is 5.02.